The van der Waals surface area contributed by atoms with Gasteiger partial charge in [0.2, 0.25) is 0 Å². The average molecular weight is 327 g/mol. The van der Waals surface area contributed by atoms with Gasteiger partial charge in [0.15, 0.2) is 5.84 Å². The maximum absolute atomic E-state index is 8.66. The van der Waals surface area contributed by atoms with Crippen LogP contribution in [0.2, 0.25) is 0 Å². The number of hydrogen-bond acceptors (Lipinski definition) is 3. The minimum atomic E-state index is 0.0956. The van der Waals surface area contributed by atoms with Crippen LogP contribution in [0.5, 0.6) is 5.75 Å². The van der Waals surface area contributed by atoms with Crippen LogP contribution in [0.15, 0.2) is 27.8 Å². The molecule has 1 aromatic carbocycles. The van der Waals surface area contributed by atoms with Gasteiger partial charge >= 0.3 is 0 Å². The van der Waals surface area contributed by atoms with Gasteiger partial charge in [-0.2, -0.15) is 0 Å². The number of hydrogen-bond donors (Lipinski definition) is 2. The van der Waals surface area contributed by atoms with Gasteiger partial charge in [-0.05, 0) is 59.3 Å². The first kappa shape index (κ1) is 14.2. The molecule has 2 unspecified atom stereocenters. The second kappa shape index (κ2) is 6.28. The molecule has 0 bridgehead atoms. The van der Waals surface area contributed by atoms with Crippen molar-refractivity contribution in [3.05, 3.63) is 28.2 Å². The van der Waals surface area contributed by atoms with Crippen molar-refractivity contribution in [1.29, 1.82) is 0 Å². The fourth-order valence-electron chi connectivity index (χ4n) is 2.43. The Morgan fingerprint density at radius 1 is 1.42 bits per heavy atom. The maximum Gasteiger partial charge on any atom is 0.170 e. The molecule has 19 heavy (non-hydrogen) atoms. The van der Waals surface area contributed by atoms with Crippen molar-refractivity contribution in [3.63, 3.8) is 0 Å². The van der Waals surface area contributed by atoms with E-state index in [1.165, 1.54) is 19.3 Å². The molecule has 0 spiro atoms. The molecule has 2 atom stereocenters. The summed E-state index contributed by atoms with van der Waals surface area (Å²) in [5.74, 6) is 1.50. The topological polar surface area (TPSA) is 67.8 Å². The highest BCUT2D eigenvalue weighted by molar-refractivity contribution is 9.10. The Kier molecular flexibility index (Phi) is 4.69. The molecule has 0 amide bonds. The minimum absolute atomic E-state index is 0.0956. The summed E-state index contributed by atoms with van der Waals surface area (Å²) in [5.41, 5.74) is 6.22. The number of benzene rings is 1. The lowest BCUT2D eigenvalue weighted by Crippen LogP contribution is -2.28. The van der Waals surface area contributed by atoms with Gasteiger partial charge in [-0.3, -0.25) is 0 Å². The van der Waals surface area contributed by atoms with E-state index in [0.29, 0.717) is 11.5 Å². The van der Waals surface area contributed by atoms with Crippen molar-refractivity contribution in [1.82, 2.24) is 0 Å². The third-order valence-electron chi connectivity index (χ3n) is 3.65. The summed E-state index contributed by atoms with van der Waals surface area (Å²) in [4.78, 5) is 0. The molecule has 3 N–H and O–H groups in total. The summed E-state index contributed by atoms with van der Waals surface area (Å²) in [6.45, 7) is 2.24. The van der Waals surface area contributed by atoms with Crippen LogP contribution in [0.3, 0.4) is 0 Å². The van der Waals surface area contributed by atoms with E-state index >= 15 is 0 Å². The largest absolute Gasteiger partial charge is 0.489 e. The van der Waals surface area contributed by atoms with Gasteiger partial charge in [-0.1, -0.05) is 18.5 Å². The van der Waals surface area contributed by atoms with E-state index in [0.717, 1.165) is 16.6 Å². The van der Waals surface area contributed by atoms with Crippen molar-refractivity contribution >= 4 is 21.8 Å². The van der Waals surface area contributed by atoms with Crippen LogP contribution in [0.4, 0.5) is 0 Å². The molecule has 0 aromatic heterocycles. The highest BCUT2D eigenvalue weighted by atomic mass is 79.9. The minimum Gasteiger partial charge on any atom is -0.489 e. The molecule has 4 nitrogen and oxygen atoms in total. The third-order valence-corrected chi connectivity index (χ3v) is 4.27. The zero-order valence-corrected chi connectivity index (χ0v) is 12.6. The van der Waals surface area contributed by atoms with Gasteiger partial charge in [0, 0.05) is 5.56 Å². The van der Waals surface area contributed by atoms with Gasteiger partial charge < -0.3 is 15.7 Å². The average Bonchev–Trinajstić information content (AvgIpc) is 2.42. The Labute approximate surface area is 121 Å². The Bertz CT molecular complexity index is 477. The van der Waals surface area contributed by atoms with E-state index in [4.69, 9.17) is 15.7 Å². The van der Waals surface area contributed by atoms with Gasteiger partial charge in [-0.25, -0.2) is 0 Å². The second-order valence-electron chi connectivity index (χ2n) is 5.05. The predicted octanol–water partition coefficient (Wildman–Crippen LogP) is 3.50. The zero-order chi connectivity index (χ0) is 13.8. The van der Waals surface area contributed by atoms with Gasteiger partial charge in [0.25, 0.3) is 0 Å². The third kappa shape index (κ3) is 3.41. The first-order valence-electron chi connectivity index (χ1n) is 6.56. The standard InChI is InChI=1S/C14H19BrN2O2/c1-9-4-2-3-5-12(9)19-13-7-6-10(8-11(13)15)14(16)17-18/h6-9,12,18H,2-5H2,1H3,(H2,16,17). The summed E-state index contributed by atoms with van der Waals surface area (Å²) in [5, 5.41) is 11.7. The van der Waals surface area contributed by atoms with E-state index in [1.807, 2.05) is 6.07 Å². The SMILES string of the molecule is CC1CCCCC1Oc1ccc(/C(N)=N/O)cc1Br. The van der Waals surface area contributed by atoms with E-state index in [2.05, 4.69) is 28.0 Å². The van der Waals surface area contributed by atoms with Crippen molar-refractivity contribution < 1.29 is 9.94 Å². The van der Waals surface area contributed by atoms with Crippen molar-refractivity contribution in [2.75, 3.05) is 0 Å². The van der Waals surface area contributed by atoms with Crippen molar-refractivity contribution in [2.45, 2.75) is 38.7 Å². The second-order valence-corrected chi connectivity index (χ2v) is 5.90. The van der Waals surface area contributed by atoms with E-state index in [1.54, 1.807) is 12.1 Å². The summed E-state index contributed by atoms with van der Waals surface area (Å²) in [7, 11) is 0. The molecule has 104 valence electrons. The number of nitrogens with zero attached hydrogens (tertiary/aromatic N) is 1. The number of rotatable bonds is 3. The number of nitrogens with two attached hydrogens (primary N) is 1. The predicted molar refractivity (Wildman–Crippen MR) is 78.7 cm³/mol. The molecule has 1 fully saturated rings. The molecule has 0 radical (unpaired) electrons. The van der Waals surface area contributed by atoms with Crippen LogP contribution in [-0.4, -0.2) is 17.1 Å². The number of amidine groups is 1. The monoisotopic (exact) mass is 326 g/mol. The summed E-state index contributed by atoms with van der Waals surface area (Å²) >= 11 is 3.47. The smallest absolute Gasteiger partial charge is 0.170 e. The fourth-order valence-corrected chi connectivity index (χ4v) is 2.91. The number of oxime groups is 1. The first-order chi connectivity index (χ1) is 9.11. The van der Waals surface area contributed by atoms with Gasteiger partial charge in [-0.15, -0.1) is 0 Å². The Morgan fingerprint density at radius 2 is 2.16 bits per heavy atom. The van der Waals surface area contributed by atoms with Gasteiger partial charge in [0.05, 0.1) is 4.47 Å². The lowest BCUT2D eigenvalue weighted by atomic mass is 9.88. The molecule has 1 saturated carbocycles. The molecule has 0 saturated heterocycles. The molecular formula is C14H19BrN2O2. The van der Waals surface area contributed by atoms with Crippen LogP contribution < -0.4 is 10.5 Å². The van der Waals surface area contributed by atoms with Crippen molar-refractivity contribution in [2.24, 2.45) is 16.8 Å². The Hall–Kier alpha value is -1.23. The highest BCUT2D eigenvalue weighted by Gasteiger charge is 2.23. The molecule has 1 aromatic rings. The lowest BCUT2D eigenvalue weighted by molar-refractivity contribution is 0.102. The molecular weight excluding hydrogens is 308 g/mol. The van der Waals surface area contributed by atoms with Gasteiger partial charge in [0.1, 0.15) is 11.9 Å². The summed E-state index contributed by atoms with van der Waals surface area (Å²) < 4.78 is 6.90. The summed E-state index contributed by atoms with van der Waals surface area (Å²) in [6, 6.07) is 5.46. The molecule has 5 heteroatoms. The maximum atomic E-state index is 8.66. The van der Waals surface area contributed by atoms with E-state index < -0.39 is 0 Å². The fraction of sp³-hybridized carbons (Fsp3) is 0.500. The molecule has 0 aliphatic heterocycles. The van der Waals surface area contributed by atoms with Crippen molar-refractivity contribution in [3.8, 4) is 5.75 Å². The van der Waals surface area contributed by atoms with Crippen LogP contribution in [-0.2, 0) is 0 Å². The first-order valence-corrected chi connectivity index (χ1v) is 7.35. The molecule has 2 rings (SSSR count). The molecule has 0 heterocycles. The van der Waals surface area contributed by atoms with Crippen LogP contribution in [0, 0.1) is 5.92 Å². The number of ether oxygens (including phenoxy) is 1. The van der Waals surface area contributed by atoms with E-state index in [9.17, 15) is 0 Å². The highest BCUT2D eigenvalue weighted by Crippen LogP contribution is 2.32. The molecule has 1 aliphatic carbocycles. The Morgan fingerprint density at radius 3 is 2.79 bits per heavy atom. The quantitative estimate of drug-likeness (QED) is 0.386. The lowest BCUT2D eigenvalue weighted by Gasteiger charge is -2.29. The summed E-state index contributed by atoms with van der Waals surface area (Å²) in [6.07, 6.45) is 5.14. The molecule has 1 aliphatic rings. The zero-order valence-electron chi connectivity index (χ0n) is 11.0. The van der Waals surface area contributed by atoms with Crippen LogP contribution in [0.25, 0.3) is 0 Å². The van der Waals surface area contributed by atoms with Crippen LogP contribution >= 0.6 is 15.9 Å². The van der Waals surface area contributed by atoms with Crippen LogP contribution in [0.1, 0.15) is 38.2 Å². The van der Waals surface area contributed by atoms with E-state index in [-0.39, 0.29) is 11.9 Å². The number of halogens is 1. The normalized spacial score (nSPS) is 24.2. The Balaban J connectivity index is 2.12.